The molecule has 0 aliphatic rings. The summed E-state index contributed by atoms with van der Waals surface area (Å²) >= 11 is 3.65. The van der Waals surface area contributed by atoms with Crippen LogP contribution in [0.2, 0.25) is 0 Å². The summed E-state index contributed by atoms with van der Waals surface area (Å²) in [5.74, 6) is -1.41. The summed E-state index contributed by atoms with van der Waals surface area (Å²) in [4.78, 5) is 20.6. The maximum atomic E-state index is 10.5. The Hall–Kier alpha value is -0.710. The fraction of sp³-hybridized carbons (Fsp3) is 0.600. The van der Waals surface area contributed by atoms with Gasteiger partial charge in [0.1, 0.15) is 6.04 Å². The van der Waals surface area contributed by atoms with E-state index in [2.05, 4.69) is 17.9 Å². The Kier molecular flexibility index (Phi) is 3.87. The lowest BCUT2D eigenvalue weighted by atomic mass is 10.3. The Morgan fingerprint density at radius 1 is 1.70 bits per heavy atom. The predicted molar refractivity (Wildman–Crippen MR) is 39.1 cm³/mol. The molecule has 1 atom stereocenters. The lowest BCUT2D eigenvalue weighted by Crippen LogP contribution is -2.38. The molecule has 0 rings (SSSR count). The number of carbonyl (C=O) groups excluding carboxylic acids is 1. The number of thiol groups is 1. The van der Waals surface area contributed by atoms with Crippen molar-refractivity contribution >= 4 is 24.5 Å². The van der Waals surface area contributed by atoms with E-state index in [1.54, 1.807) is 0 Å². The van der Waals surface area contributed by atoms with Gasteiger partial charge in [0.2, 0.25) is 5.91 Å². The number of nitrogens with one attached hydrogen (secondary N) is 1. The van der Waals surface area contributed by atoms with Gasteiger partial charge >= 0.3 is 5.97 Å². The Balaban J connectivity index is 3.68. The number of hydrogen-bond acceptors (Lipinski definition) is 3. The van der Waals surface area contributed by atoms with Gasteiger partial charge in [-0.1, -0.05) is 0 Å². The van der Waals surface area contributed by atoms with E-state index in [-0.39, 0.29) is 11.7 Å². The minimum absolute atomic E-state index is 0.0115. The van der Waals surface area contributed by atoms with Crippen LogP contribution < -0.4 is 5.32 Å². The van der Waals surface area contributed by atoms with Crippen molar-refractivity contribution in [3.63, 3.8) is 0 Å². The van der Waals surface area contributed by atoms with E-state index in [9.17, 15) is 9.59 Å². The highest BCUT2D eigenvalue weighted by Gasteiger charge is 2.11. The molecule has 0 fully saturated rings. The summed E-state index contributed by atoms with van der Waals surface area (Å²) in [7, 11) is 0. The van der Waals surface area contributed by atoms with E-state index in [0.717, 1.165) is 0 Å². The highest BCUT2D eigenvalue weighted by atomic mass is 32.1. The van der Waals surface area contributed by atoms with Gasteiger partial charge in [-0.05, 0) is 6.92 Å². The quantitative estimate of drug-likeness (QED) is 0.492. The van der Waals surface area contributed by atoms with Crippen molar-refractivity contribution in [1.29, 1.82) is 0 Å². The second kappa shape index (κ2) is 4.16. The average molecular weight is 163 g/mol. The van der Waals surface area contributed by atoms with Crippen LogP contribution >= 0.6 is 12.6 Å². The Morgan fingerprint density at radius 3 is 2.50 bits per heavy atom. The van der Waals surface area contributed by atoms with Gasteiger partial charge in [-0.3, -0.25) is 9.59 Å². The monoisotopic (exact) mass is 163 g/mol. The van der Waals surface area contributed by atoms with E-state index in [1.807, 2.05) is 0 Å². The van der Waals surface area contributed by atoms with Crippen LogP contribution in [-0.2, 0) is 9.59 Å². The van der Waals surface area contributed by atoms with E-state index < -0.39 is 12.0 Å². The number of aliphatic carboxylic acids is 1. The molecule has 0 spiro atoms. The van der Waals surface area contributed by atoms with Crippen LogP contribution in [0.4, 0.5) is 0 Å². The number of amides is 1. The summed E-state index contributed by atoms with van der Waals surface area (Å²) in [6.07, 6.45) is 0. The maximum Gasteiger partial charge on any atom is 0.325 e. The number of carboxylic acid groups (broad SMARTS) is 1. The number of rotatable bonds is 3. The van der Waals surface area contributed by atoms with Crippen molar-refractivity contribution in [2.75, 3.05) is 5.75 Å². The van der Waals surface area contributed by atoms with Crippen molar-refractivity contribution in [3.05, 3.63) is 0 Å². The molecule has 5 heteroatoms. The van der Waals surface area contributed by atoms with Crippen LogP contribution in [0.5, 0.6) is 0 Å². The number of hydrogen-bond donors (Lipinski definition) is 3. The topological polar surface area (TPSA) is 66.4 Å². The summed E-state index contributed by atoms with van der Waals surface area (Å²) in [6.45, 7) is 1.39. The van der Waals surface area contributed by atoms with Crippen LogP contribution in [0.3, 0.4) is 0 Å². The maximum absolute atomic E-state index is 10.5. The lowest BCUT2D eigenvalue weighted by Gasteiger charge is -2.06. The molecular formula is C5H9NO3S. The van der Waals surface area contributed by atoms with E-state index in [1.165, 1.54) is 6.92 Å². The molecule has 0 saturated heterocycles. The first kappa shape index (κ1) is 9.29. The second-order valence-corrected chi connectivity index (χ2v) is 2.10. The van der Waals surface area contributed by atoms with Crippen LogP contribution in [-0.4, -0.2) is 28.8 Å². The molecule has 0 saturated carbocycles. The van der Waals surface area contributed by atoms with Crippen molar-refractivity contribution < 1.29 is 14.7 Å². The van der Waals surface area contributed by atoms with Gasteiger partial charge in [0.05, 0.1) is 5.75 Å². The zero-order chi connectivity index (χ0) is 8.15. The predicted octanol–water partition coefficient (Wildman–Crippen LogP) is -0.494. The van der Waals surface area contributed by atoms with Crippen LogP contribution in [0.25, 0.3) is 0 Å². The summed E-state index contributed by atoms with van der Waals surface area (Å²) in [6, 6.07) is -0.834. The zero-order valence-electron chi connectivity index (χ0n) is 5.50. The second-order valence-electron chi connectivity index (χ2n) is 1.79. The third-order valence-electron chi connectivity index (χ3n) is 0.892. The Morgan fingerprint density at radius 2 is 2.20 bits per heavy atom. The van der Waals surface area contributed by atoms with Crippen molar-refractivity contribution in [1.82, 2.24) is 5.32 Å². The SMILES string of the molecule is C[C@@H](NC(=O)CS)C(=O)O. The molecule has 0 aromatic rings. The minimum Gasteiger partial charge on any atom is -0.480 e. The first-order chi connectivity index (χ1) is 4.57. The highest BCUT2D eigenvalue weighted by molar-refractivity contribution is 7.81. The number of carboxylic acids is 1. The van der Waals surface area contributed by atoms with Gasteiger partial charge in [-0.2, -0.15) is 12.6 Å². The van der Waals surface area contributed by atoms with Crippen LogP contribution in [0, 0.1) is 0 Å². The molecule has 4 nitrogen and oxygen atoms in total. The smallest absolute Gasteiger partial charge is 0.325 e. The molecule has 10 heavy (non-hydrogen) atoms. The fourth-order valence-electron chi connectivity index (χ4n) is 0.349. The van der Waals surface area contributed by atoms with E-state index >= 15 is 0 Å². The van der Waals surface area contributed by atoms with Crippen molar-refractivity contribution in [2.45, 2.75) is 13.0 Å². The minimum atomic E-state index is -1.05. The van der Waals surface area contributed by atoms with Gasteiger partial charge < -0.3 is 10.4 Å². The van der Waals surface area contributed by atoms with Gasteiger partial charge in [0.25, 0.3) is 0 Å². The van der Waals surface area contributed by atoms with Gasteiger partial charge in [-0.25, -0.2) is 0 Å². The summed E-state index contributed by atoms with van der Waals surface area (Å²) in [5.41, 5.74) is 0. The number of carbonyl (C=O) groups is 2. The van der Waals surface area contributed by atoms with Crippen LogP contribution in [0.1, 0.15) is 6.92 Å². The van der Waals surface area contributed by atoms with Crippen molar-refractivity contribution in [3.8, 4) is 0 Å². The molecule has 1 amide bonds. The first-order valence-corrected chi connectivity index (χ1v) is 3.34. The van der Waals surface area contributed by atoms with Gasteiger partial charge in [0.15, 0.2) is 0 Å². The third kappa shape index (κ3) is 3.34. The Labute approximate surface area is 64.0 Å². The molecule has 0 unspecified atom stereocenters. The molecule has 0 heterocycles. The van der Waals surface area contributed by atoms with Gasteiger partial charge in [0, 0.05) is 0 Å². The summed E-state index contributed by atoms with van der Waals surface area (Å²) in [5, 5.41) is 10.5. The molecular weight excluding hydrogens is 154 g/mol. The highest BCUT2D eigenvalue weighted by Crippen LogP contribution is 1.81. The zero-order valence-corrected chi connectivity index (χ0v) is 6.39. The molecule has 2 N–H and O–H groups in total. The molecule has 0 aliphatic carbocycles. The Bertz CT molecular complexity index is 148. The average Bonchev–Trinajstić information content (AvgIpc) is 1.87. The standard InChI is InChI=1S/C5H9NO3S/c1-3(5(8)9)6-4(7)2-10/h3,10H,2H2,1H3,(H,6,7)(H,8,9)/t3-/m1/s1. The van der Waals surface area contributed by atoms with Crippen LogP contribution in [0.15, 0.2) is 0 Å². The van der Waals surface area contributed by atoms with E-state index in [4.69, 9.17) is 5.11 Å². The van der Waals surface area contributed by atoms with E-state index in [0.29, 0.717) is 0 Å². The molecule has 0 aromatic carbocycles. The molecule has 58 valence electrons. The molecule has 0 aliphatic heterocycles. The first-order valence-electron chi connectivity index (χ1n) is 2.71. The lowest BCUT2D eigenvalue weighted by molar-refractivity contribution is -0.140. The molecule has 0 aromatic heterocycles. The largest absolute Gasteiger partial charge is 0.480 e. The normalized spacial score (nSPS) is 12.2. The fourth-order valence-corrected chi connectivity index (χ4v) is 0.440. The molecule has 0 radical (unpaired) electrons. The van der Waals surface area contributed by atoms with Gasteiger partial charge in [-0.15, -0.1) is 0 Å². The van der Waals surface area contributed by atoms with Crippen molar-refractivity contribution in [2.24, 2.45) is 0 Å². The third-order valence-corrected chi connectivity index (χ3v) is 1.18. The summed E-state index contributed by atoms with van der Waals surface area (Å²) < 4.78 is 0. The molecule has 0 bridgehead atoms.